The Morgan fingerprint density at radius 1 is 1.26 bits per heavy atom. The maximum absolute atomic E-state index is 3.62. The number of nitrogens with one attached hydrogen (secondary N) is 1. The molecule has 0 saturated carbocycles. The Bertz CT molecular complexity index is 366. The molecule has 1 aliphatic heterocycles. The van der Waals surface area contributed by atoms with E-state index in [0.717, 1.165) is 13.1 Å². The lowest BCUT2D eigenvalue weighted by Crippen LogP contribution is -2.52. The minimum absolute atomic E-state index is 0.442. The summed E-state index contributed by atoms with van der Waals surface area (Å²) in [6.45, 7) is 10.2. The third kappa shape index (κ3) is 4.03. The minimum atomic E-state index is 0.442. The quantitative estimate of drug-likeness (QED) is 0.874. The van der Waals surface area contributed by atoms with Gasteiger partial charge in [0, 0.05) is 38.3 Å². The highest BCUT2D eigenvalue weighted by atomic mass is 15.3. The highest BCUT2D eigenvalue weighted by molar-refractivity contribution is 5.19. The summed E-state index contributed by atoms with van der Waals surface area (Å²) in [5.74, 6) is 0. The fourth-order valence-electron chi connectivity index (χ4n) is 2.90. The first-order valence-electron chi connectivity index (χ1n) is 7.41. The van der Waals surface area contributed by atoms with E-state index >= 15 is 0 Å². The van der Waals surface area contributed by atoms with Gasteiger partial charge in [0.1, 0.15) is 0 Å². The third-order valence-corrected chi connectivity index (χ3v) is 4.04. The maximum atomic E-state index is 3.62. The van der Waals surface area contributed by atoms with E-state index in [1.807, 2.05) is 0 Å². The number of benzene rings is 1. The Morgan fingerprint density at radius 3 is 2.63 bits per heavy atom. The molecule has 0 radical (unpaired) electrons. The Labute approximate surface area is 117 Å². The molecular formula is C16H27N3. The van der Waals surface area contributed by atoms with Crippen molar-refractivity contribution in [2.75, 3.05) is 39.8 Å². The maximum Gasteiger partial charge on any atom is 0.0449 e. The van der Waals surface area contributed by atoms with Gasteiger partial charge in [0.25, 0.3) is 0 Å². The van der Waals surface area contributed by atoms with E-state index in [1.165, 1.54) is 25.2 Å². The van der Waals surface area contributed by atoms with Crippen molar-refractivity contribution in [3.8, 4) is 0 Å². The lowest BCUT2D eigenvalue weighted by atomic mass is 10.0. The van der Waals surface area contributed by atoms with Crippen molar-refractivity contribution in [1.82, 2.24) is 15.1 Å². The predicted molar refractivity (Wildman–Crippen MR) is 81.4 cm³/mol. The first-order valence-corrected chi connectivity index (χ1v) is 7.41. The number of piperazine rings is 1. The molecule has 1 aromatic rings. The van der Waals surface area contributed by atoms with Crippen molar-refractivity contribution in [2.24, 2.45) is 0 Å². The van der Waals surface area contributed by atoms with Gasteiger partial charge in [0.05, 0.1) is 0 Å². The molecule has 106 valence electrons. The number of nitrogens with zero attached hydrogens (tertiary/aromatic N) is 2. The zero-order valence-electron chi connectivity index (χ0n) is 12.5. The van der Waals surface area contributed by atoms with Crippen molar-refractivity contribution in [2.45, 2.75) is 25.9 Å². The first-order chi connectivity index (χ1) is 9.20. The lowest BCUT2D eigenvalue weighted by molar-refractivity contribution is 0.0906. The van der Waals surface area contributed by atoms with E-state index < -0.39 is 0 Å². The average molecular weight is 261 g/mol. The smallest absolute Gasteiger partial charge is 0.0449 e. The van der Waals surface area contributed by atoms with Gasteiger partial charge < -0.3 is 10.2 Å². The summed E-state index contributed by atoms with van der Waals surface area (Å²) < 4.78 is 0. The van der Waals surface area contributed by atoms with Crippen molar-refractivity contribution in [3.63, 3.8) is 0 Å². The van der Waals surface area contributed by atoms with Crippen molar-refractivity contribution < 1.29 is 0 Å². The average Bonchev–Trinajstić information content (AvgIpc) is 2.42. The molecular weight excluding hydrogens is 234 g/mol. The molecule has 2 unspecified atom stereocenters. The molecule has 3 heteroatoms. The Kier molecular flexibility index (Phi) is 5.37. The summed E-state index contributed by atoms with van der Waals surface area (Å²) in [5, 5.41) is 3.62. The largest absolute Gasteiger partial charge is 0.309 e. The highest BCUT2D eigenvalue weighted by Gasteiger charge is 2.24. The van der Waals surface area contributed by atoms with E-state index in [-0.39, 0.29) is 0 Å². The van der Waals surface area contributed by atoms with Crippen LogP contribution in [0, 0.1) is 0 Å². The zero-order valence-corrected chi connectivity index (χ0v) is 12.5. The van der Waals surface area contributed by atoms with Crippen LogP contribution in [-0.4, -0.2) is 55.6 Å². The molecule has 2 rings (SSSR count). The molecule has 1 N–H and O–H groups in total. The van der Waals surface area contributed by atoms with Gasteiger partial charge in [-0.15, -0.1) is 0 Å². The van der Waals surface area contributed by atoms with Crippen LogP contribution in [0.1, 0.15) is 25.5 Å². The van der Waals surface area contributed by atoms with Crippen LogP contribution >= 0.6 is 0 Å². The standard InChI is InChI=1S/C16H27N3/c1-4-17-16(15-8-6-5-7-9-15)13-19-11-10-18(3)12-14(19)2/h5-9,14,16-17H,4,10-13H2,1-3H3. The Hall–Kier alpha value is -0.900. The minimum Gasteiger partial charge on any atom is -0.309 e. The monoisotopic (exact) mass is 261 g/mol. The van der Waals surface area contributed by atoms with E-state index in [1.54, 1.807) is 0 Å². The predicted octanol–water partition coefficient (Wildman–Crippen LogP) is 1.97. The zero-order chi connectivity index (χ0) is 13.7. The molecule has 1 aromatic carbocycles. The second-order valence-corrected chi connectivity index (χ2v) is 5.63. The molecule has 2 atom stereocenters. The van der Waals surface area contributed by atoms with Crippen molar-refractivity contribution in [1.29, 1.82) is 0 Å². The Balaban J connectivity index is 2.01. The van der Waals surface area contributed by atoms with Crippen LogP contribution in [0.5, 0.6) is 0 Å². The molecule has 3 nitrogen and oxygen atoms in total. The summed E-state index contributed by atoms with van der Waals surface area (Å²) in [7, 11) is 2.22. The molecule has 19 heavy (non-hydrogen) atoms. The van der Waals surface area contributed by atoms with Gasteiger partial charge in [0.15, 0.2) is 0 Å². The fraction of sp³-hybridized carbons (Fsp3) is 0.625. The van der Waals surface area contributed by atoms with E-state index in [9.17, 15) is 0 Å². The summed E-state index contributed by atoms with van der Waals surface area (Å²) in [4.78, 5) is 5.03. The van der Waals surface area contributed by atoms with Gasteiger partial charge in [-0.05, 0) is 26.1 Å². The fourth-order valence-corrected chi connectivity index (χ4v) is 2.90. The van der Waals surface area contributed by atoms with Gasteiger partial charge in [0.2, 0.25) is 0 Å². The van der Waals surface area contributed by atoms with Crippen LogP contribution in [0.4, 0.5) is 0 Å². The highest BCUT2D eigenvalue weighted by Crippen LogP contribution is 2.17. The van der Waals surface area contributed by atoms with Gasteiger partial charge in [-0.1, -0.05) is 37.3 Å². The van der Waals surface area contributed by atoms with Crippen LogP contribution in [0.15, 0.2) is 30.3 Å². The summed E-state index contributed by atoms with van der Waals surface area (Å²) in [5.41, 5.74) is 1.40. The van der Waals surface area contributed by atoms with E-state index in [0.29, 0.717) is 12.1 Å². The van der Waals surface area contributed by atoms with Crippen LogP contribution in [-0.2, 0) is 0 Å². The van der Waals surface area contributed by atoms with Gasteiger partial charge in [-0.25, -0.2) is 0 Å². The molecule has 1 aliphatic rings. The number of hydrogen-bond acceptors (Lipinski definition) is 3. The van der Waals surface area contributed by atoms with E-state index in [4.69, 9.17) is 0 Å². The molecule has 1 saturated heterocycles. The van der Waals surface area contributed by atoms with E-state index in [2.05, 4.69) is 66.3 Å². The number of likely N-dealkylation sites (N-methyl/N-ethyl adjacent to an activating group) is 2. The van der Waals surface area contributed by atoms with Crippen LogP contribution in [0.25, 0.3) is 0 Å². The number of hydrogen-bond donors (Lipinski definition) is 1. The molecule has 0 amide bonds. The second-order valence-electron chi connectivity index (χ2n) is 5.63. The lowest BCUT2D eigenvalue weighted by Gasteiger charge is -2.40. The molecule has 1 heterocycles. The topological polar surface area (TPSA) is 18.5 Å². The molecule has 1 fully saturated rings. The third-order valence-electron chi connectivity index (χ3n) is 4.04. The SMILES string of the molecule is CCNC(CN1CCN(C)CC1C)c1ccccc1. The summed E-state index contributed by atoms with van der Waals surface area (Å²) in [6.07, 6.45) is 0. The number of rotatable bonds is 5. The van der Waals surface area contributed by atoms with Gasteiger partial charge in [-0.3, -0.25) is 4.90 Å². The Morgan fingerprint density at radius 2 is 2.00 bits per heavy atom. The van der Waals surface area contributed by atoms with Crippen LogP contribution < -0.4 is 5.32 Å². The summed E-state index contributed by atoms with van der Waals surface area (Å²) >= 11 is 0. The van der Waals surface area contributed by atoms with Crippen molar-refractivity contribution >= 4 is 0 Å². The molecule has 0 bridgehead atoms. The normalized spacial score (nSPS) is 23.4. The van der Waals surface area contributed by atoms with Crippen LogP contribution in [0.2, 0.25) is 0 Å². The summed E-state index contributed by atoms with van der Waals surface area (Å²) in [6, 6.07) is 11.9. The van der Waals surface area contributed by atoms with Gasteiger partial charge in [-0.2, -0.15) is 0 Å². The first kappa shape index (κ1) is 14.5. The van der Waals surface area contributed by atoms with Gasteiger partial charge >= 0.3 is 0 Å². The van der Waals surface area contributed by atoms with Crippen LogP contribution in [0.3, 0.4) is 0 Å². The van der Waals surface area contributed by atoms with Crippen molar-refractivity contribution in [3.05, 3.63) is 35.9 Å². The molecule has 0 spiro atoms. The second kappa shape index (κ2) is 7.04. The molecule has 0 aromatic heterocycles. The molecule has 0 aliphatic carbocycles.